The molecule has 1 saturated heterocycles. The highest BCUT2D eigenvalue weighted by Crippen LogP contribution is 2.35. The van der Waals surface area contributed by atoms with Gasteiger partial charge in [0.2, 0.25) is 0 Å². The number of rotatable bonds is 8. The molecule has 10 heteroatoms. The van der Waals surface area contributed by atoms with Crippen LogP contribution in [0.4, 0.5) is 5.69 Å². The standard InChI is InChI=1S/C30H39N7O3/c1-8-30(4,5)37-28(32-33-34-37)27(36-13-11-35(12-14-36)24-15-19(2)9-10-20(24)3)22-16-21-17-25(39-6)26(40-7)18-23(21)31-29(22)38/h9-10,15-18,27H,8,11-14H2,1-7H3,(H,31,38)/t27-/m0/s1. The number of nitrogens with zero attached hydrogens (tertiary/aromatic N) is 6. The molecule has 0 bridgehead atoms. The van der Waals surface area contributed by atoms with Gasteiger partial charge in [0.05, 0.1) is 25.3 Å². The summed E-state index contributed by atoms with van der Waals surface area (Å²) in [7, 11) is 3.19. The van der Waals surface area contributed by atoms with Crippen molar-refractivity contribution < 1.29 is 9.47 Å². The second kappa shape index (κ2) is 10.9. The number of H-pyrrole nitrogens is 1. The van der Waals surface area contributed by atoms with Crippen LogP contribution in [0.25, 0.3) is 10.9 Å². The zero-order valence-corrected chi connectivity index (χ0v) is 24.5. The number of aryl methyl sites for hydroxylation is 2. The molecule has 0 amide bonds. The molecular weight excluding hydrogens is 506 g/mol. The summed E-state index contributed by atoms with van der Waals surface area (Å²) >= 11 is 0. The lowest BCUT2D eigenvalue weighted by molar-refractivity contribution is 0.186. The molecule has 2 aromatic carbocycles. The molecule has 1 aliphatic heterocycles. The maximum Gasteiger partial charge on any atom is 0.253 e. The van der Waals surface area contributed by atoms with Crippen LogP contribution < -0.4 is 19.9 Å². The fraction of sp³-hybridized carbons (Fsp3) is 0.467. The van der Waals surface area contributed by atoms with Crippen molar-refractivity contribution in [3.63, 3.8) is 0 Å². The molecule has 40 heavy (non-hydrogen) atoms. The third-order valence-corrected chi connectivity index (χ3v) is 8.23. The van der Waals surface area contributed by atoms with E-state index in [1.165, 1.54) is 16.8 Å². The lowest BCUT2D eigenvalue weighted by atomic mass is 9.98. The number of piperazine rings is 1. The van der Waals surface area contributed by atoms with E-state index in [1.807, 2.05) is 16.8 Å². The number of aromatic amines is 1. The minimum Gasteiger partial charge on any atom is -0.493 e. The Labute approximate surface area is 234 Å². The molecule has 1 aliphatic rings. The van der Waals surface area contributed by atoms with Gasteiger partial charge in [0.1, 0.15) is 6.04 Å². The number of anilines is 1. The van der Waals surface area contributed by atoms with Crippen LogP contribution in [0.1, 0.15) is 55.7 Å². The summed E-state index contributed by atoms with van der Waals surface area (Å²) in [6.07, 6.45) is 0.837. The molecule has 0 unspecified atom stereocenters. The SMILES string of the molecule is CCC(C)(C)n1nnnc1[C@H](c1cc2cc(OC)c(OC)cc2[nH]c1=O)N1CCN(c2cc(C)ccc2C)CC1. The van der Waals surface area contributed by atoms with Gasteiger partial charge >= 0.3 is 0 Å². The summed E-state index contributed by atoms with van der Waals surface area (Å²) in [4.78, 5) is 21.6. The highest BCUT2D eigenvalue weighted by atomic mass is 16.5. The largest absolute Gasteiger partial charge is 0.493 e. The van der Waals surface area contributed by atoms with Gasteiger partial charge in [0.15, 0.2) is 17.3 Å². The summed E-state index contributed by atoms with van der Waals surface area (Å²) in [5.41, 5.74) is 4.55. The summed E-state index contributed by atoms with van der Waals surface area (Å²) in [6.45, 7) is 13.8. The number of tetrazole rings is 1. The predicted molar refractivity (Wildman–Crippen MR) is 157 cm³/mol. The fourth-order valence-electron chi connectivity index (χ4n) is 5.48. The van der Waals surface area contributed by atoms with Crippen LogP contribution in [-0.2, 0) is 5.54 Å². The van der Waals surface area contributed by atoms with Crippen molar-refractivity contribution in [2.24, 2.45) is 0 Å². The predicted octanol–water partition coefficient (Wildman–Crippen LogP) is 4.21. The molecule has 1 atom stereocenters. The number of hydrogen-bond donors (Lipinski definition) is 1. The van der Waals surface area contributed by atoms with Crippen LogP contribution in [0.3, 0.4) is 0 Å². The van der Waals surface area contributed by atoms with Gasteiger partial charge in [0, 0.05) is 48.9 Å². The first kappa shape index (κ1) is 27.6. The maximum absolute atomic E-state index is 13.7. The zero-order valence-electron chi connectivity index (χ0n) is 24.5. The Morgan fingerprint density at radius 1 is 1.00 bits per heavy atom. The van der Waals surface area contributed by atoms with Crippen molar-refractivity contribution in [2.45, 2.75) is 52.6 Å². The quantitative estimate of drug-likeness (QED) is 0.352. The van der Waals surface area contributed by atoms with E-state index in [2.05, 4.69) is 83.1 Å². The van der Waals surface area contributed by atoms with Crippen LogP contribution in [0.5, 0.6) is 11.5 Å². The highest BCUT2D eigenvalue weighted by molar-refractivity contribution is 5.83. The maximum atomic E-state index is 13.7. The number of methoxy groups -OCH3 is 2. The van der Waals surface area contributed by atoms with Gasteiger partial charge in [-0.1, -0.05) is 19.1 Å². The molecule has 212 valence electrons. The molecule has 2 aromatic heterocycles. The summed E-state index contributed by atoms with van der Waals surface area (Å²) in [5, 5.41) is 13.8. The third-order valence-electron chi connectivity index (χ3n) is 8.23. The van der Waals surface area contributed by atoms with Gasteiger partial charge in [-0.05, 0) is 73.9 Å². The molecule has 0 spiro atoms. The van der Waals surface area contributed by atoms with E-state index in [1.54, 1.807) is 20.3 Å². The van der Waals surface area contributed by atoms with Gasteiger partial charge in [-0.25, -0.2) is 4.68 Å². The van der Waals surface area contributed by atoms with E-state index in [9.17, 15) is 4.79 Å². The minimum absolute atomic E-state index is 0.175. The molecule has 1 N–H and O–H groups in total. The highest BCUT2D eigenvalue weighted by Gasteiger charge is 2.36. The number of ether oxygens (including phenoxy) is 2. The van der Waals surface area contributed by atoms with E-state index in [0.717, 1.165) is 38.0 Å². The Morgan fingerprint density at radius 2 is 1.70 bits per heavy atom. The second-order valence-electron chi connectivity index (χ2n) is 11.2. The molecule has 0 saturated carbocycles. The van der Waals surface area contributed by atoms with Crippen molar-refractivity contribution in [1.82, 2.24) is 30.1 Å². The van der Waals surface area contributed by atoms with Crippen LogP contribution in [0, 0.1) is 13.8 Å². The first-order valence-corrected chi connectivity index (χ1v) is 13.8. The number of pyridine rings is 1. The number of benzene rings is 2. The van der Waals surface area contributed by atoms with E-state index >= 15 is 0 Å². The average molecular weight is 546 g/mol. The van der Waals surface area contributed by atoms with Crippen LogP contribution in [-0.4, -0.2) is 70.5 Å². The monoisotopic (exact) mass is 545 g/mol. The smallest absolute Gasteiger partial charge is 0.253 e. The van der Waals surface area contributed by atoms with Crippen LogP contribution in [0.15, 0.2) is 41.2 Å². The lowest BCUT2D eigenvalue weighted by Gasteiger charge is -2.40. The summed E-state index contributed by atoms with van der Waals surface area (Å²) in [5.74, 6) is 1.83. The first-order chi connectivity index (χ1) is 19.2. The number of nitrogens with one attached hydrogen (secondary N) is 1. The van der Waals surface area contributed by atoms with E-state index in [4.69, 9.17) is 9.47 Å². The molecule has 10 nitrogen and oxygen atoms in total. The van der Waals surface area contributed by atoms with Crippen LogP contribution in [0.2, 0.25) is 0 Å². The average Bonchev–Trinajstić information content (AvgIpc) is 3.45. The summed E-state index contributed by atoms with van der Waals surface area (Å²) in [6, 6.07) is 11.8. The number of hydrogen-bond acceptors (Lipinski definition) is 8. The van der Waals surface area contributed by atoms with Gasteiger partial charge in [-0.3, -0.25) is 9.69 Å². The molecule has 4 aromatic rings. The van der Waals surface area contributed by atoms with Crippen molar-refractivity contribution in [3.8, 4) is 11.5 Å². The topological polar surface area (TPSA) is 101 Å². The normalized spacial score (nSPS) is 15.4. The van der Waals surface area contributed by atoms with Gasteiger partial charge < -0.3 is 19.4 Å². The Balaban J connectivity index is 1.59. The van der Waals surface area contributed by atoms with Crippen molar-refractivity contribution in [3.05, 3.63) is 69.3 Å². The second-order valence-corrected chi connectivity index (χ2v) is 11.2. The van der Waals surface area contributed by atoms with Gasteiger partial charge in [-0.2, -0.15) is 0 Å². The van der Waals surface area contributed by atoms with E-state index in [-0.39, 0.29) is 11.1 Å². The van der Waals surface area contributed by atoms with E-state index in [0.29, 0.717) is 28.4 Å². The van der Waals surface area contributed by atoms with Gasteiger partial charge in [0.25, 0.3) is 5.56 Å². The van der Waals surface area contributed by atoms with E-state index < -0.39 is 6.04 Å². The fourth-order valence-corrected chi connectivity index (χ4v) is 5.48. The first-order valence-electron chi connectivity index (χ1n) is 13.8. The van der Waals surface area contributed by atoms with Crippen molar-refractivity contribution >= 4 is 16.6 Å². The molecule has 0 radical (unpaired) electrons. The molecule has 3 heterocycles. The zero-order chi connectivity index (χ0) is 28.6. The van der Waals surface area contributed by atoms with Crippen LogP contribution >= 0.6 is 0 Å². The lowest BCUT2D eigenvalue weighted by Crippen LogP contribution is -2.49. The molecule has 1 fully saturated rings. The molecule has 5 rings (SSSR count). The number of fused-ring (bicyclic) bond motifs is 1. The molecule has 0 aliphatic carbocycles. The van der Waals surface area contributed by atoms with Gasteiger partial charge in [-0.15, -0.1) is 5.10 Å². The van der Waals surface area contributed by atoms with Crippen molar-refractivity contribution in [2.75, 3.05) is 45.3 Å². The third kappa shape index (κ3) is 5.03. The number of aromatic nitrogens is 5. The Kier molecular flexibility index (Phi) is 7.55. The summed E-state index contributed by atoms with van der Waals surface area (Å²) < 4.78 is 12.9. The Morgan fingerprint density at radius 3 is 2.38 bits per heavy atom. The Bertz CT molecular complexity index is 1570. The molecular formula is C30H39N7O3. The van der Waals surface area contributed by atoms with Crippen molar-refractivity contribution in [1.29, 1.82) is 0 Å². The Hall–Kier alpha value is -3.92. The minimum atomic E-state index is -0.428.